The number of likely N-dealkylation sites (N-methyl/N-ethyl adjacent to an activating group) is 1. The van der Waals surface area contributed by atoms with Gasteiger partial charge in [-0.3, -0.25) is 18.6 Å². The van der Waals surface area contributed by atoms with Crippen LogP contribution in [0.5, 0.6) is 0 Å². The van der Waals surface area contributed by atoms with Crippen LogP contribution < -0.4 is 0 Å². The molecule has 0 rings (SSSR count). The highest BCUT2D eigenvalue weighted by Gasteiger charge is 2.27. The topological polar surface area (TPSA) is 129 Å². The summed E-state index contributed by atoms with van der Waals surface area (Å²) >= 11 is 0. The van der Waals surface area contributed by atoms with Crippen LogP contribution >= 0.6 is 7.82 Å². The van der Waals surface area contributed by atoms with Gasteiger partial charge < -0.3 is 24.0 Å². The molecule has 0 aliphatic rings. The Morgan fingerprint density at radius 1 is 0.614 bits per heavy atom. The lowest BCUT2D eigenvalue weighted by molar-refractivity contribution is -0.870. The summed E-state index contributed by atoms with van der Waals surface area (Å²) in [6, 6.07) is 0. The summed E-state index contributed by atoms with van der Waals surface area (Å²) in [7, 11) is 1.38. The van der Waals surface area contributed by atoms with Gasteiger partial charge in [0.25, 0.3) is 0 Å². The summed E-state index contributed by atoms with van der Waals surface area (Å²) in [6.45, 7) is 4.04. The van der Waals surface area contributed by atoms with Crippen molar-refractivity contribution < 1.29 is 47.2 Å². The van der Waals surface area contributed by atoms with E-state index in [1.807, 2.05) is 33.3 Å². The number of nitrogens with zero attached hydrogens (tertiary/aromatic N) is 1. The summed E-state index contributed by atoms with van der Waals surface area (Å²) in [6.07, 6.45) is 44.2. The van der Waals surface area contributed by atoms with Gasteiger partial charge in [-0.1, -0.05) is 118 Å². The number of unbranched alkanes of at least 4 members (excludes halogenated alkanes) is 6. The highest BCUT2D eigenvalue weighted by molar-refractivity contribution is 7.47. The molecule has 0 fully saturated rings. The SMILES string of the molecule is CCCCC/C=C\C/C=C\C/C=C\CCCCC(=O)O[C@H](COC(=O)CCC/C=C\C/C=C\C/C=C\C/C=C\CC(O)CCC)COP(=O)(O)OCC[N+](C)(C)C. The summed E-state index contributed by atoms with van der Waals surface area (Å²) in [4.78, 5) is 35.3. The van der Waals surface area contributed by atoms with Crippen LogP contribution in [0.3, 0.4) is 0 Å². The maximum Gasteiger partial charge on any atom is 0.472 e. The molecule has 0 saturated heterocycles. The lowest BCUT2D eigenvalue weighted by Crippen LogP contribution is -2.37. The zero-order valence-electron chi connectivity index (χ0n) is 36.1. The molecule has 326 valence electrons. The molecule has 0 bridgehead atoms. The largest absolute Gasteiger partial charge is 0.472 e. The lowest BCUT2D eigenvalue weighted by atomic mass is 10.1. The minimum absolute atomic E-state index is 0.00495. The Labute approximate surface area is 346 Å². The molecule has 0 aromatic carbocycles. The monoisotopic (exact) mass is 821 g/mol. The summed E-state index contributed by atoms with van der Waals surface area (Å²) in [5.74, 6) is -0.940. The zero-order chi connectivity index (χ0) is 42.3. The molecule has 57 heavy (non-hydrogen) atoms. The maximum atomic E-state index is 12.7. The first kappa shape index (κ1) is 54.2. The number of phosphoric acid groups is 1. The molecule has 0 amide bonds. The van der Waals surface area contributed by atoms with Crippen molar-refractivity contribution in [3.05, 3.63) is 85.1 Å². The fourth-order valence-corrected chi connectivity index (χ4v) is 5.83. The highest BCUT2D eigenvalue weighted by atomic mass is 31.2. The normalized spacial score (nSPS) is 15.0. The fourth-order valence-electron chi connectivity index (χ4n) is 5.08. The number of ether oxygens (including phenoxy) is 2. The van der Waals surface area contributed by atoms with Gasteiger partial charge in [-0.2, -0.15) is 0 Å². The Morgan fingerprint density at radius 3 is 1.63 bits per heavy atom. The molecular formula is C46H79NO9P+. The molecule has 2 unspecified atom stereocenters. The van der Waals surface area contributed by atoms with Crippen LogP contribution in [-0.2, 0) is 32.7 Å². The number of carbonyl (C=O) groups excluding carboxylic acids is 2. The van der Waals surface area contributed by atoms with Crippen molar-refractivity contribution in [3.8, 4) is 0 Å². The molecule has 0 saturated carbocycles. The molecule has 0 spiro atoms. The van der Waals surface area contributed by atoms with Gasteiger partial charge in [0.2, 0.25) is 0 Å². The van der Waals surface area contributed by atoms with E-state index in [2.05, 4.69) is 86.8 Å². The fraction of sp³-hybridized carbons (Fsp3) is 0.652. The number of phosphoric ester groups is 1. The van der Waals surface area contributed by atoms with Crippen molar-refractivity contribution in [1.29, 1.82) is 0 Å². The minimum Gasteiger partial charge on any atom is -0.462 e. The van der Waals surface area contributed by atoms with Gasteiger partial charge in [0.15, 0.2) is 6.10 Å². The molecule has 0 radical (unpaired) electrons. The van der Waals surface area contributed by atoms with E-state index in [1.54, 1.807) is 0 Å². The first-order chi connectivity index (χ1) is 27.4. The van der Waals surface area contributed by atoms with Crippen molar-refractivity contribution in [3.63, 3.8) is 0 Å². The molecule has 10 nitrogen and oxygen atoms in total. The van der Waals surface area contributed by atoms with Gasteiger partial charge in [-0.05, 0) is 89.9 Å². The van der Waals surface area contributed by atoms with E-state index in [-0.39, 0.29) is 32.2 Å². The first-order valence-corrected chi connectivity index (χ1v) is 22.9. The number of aliphatic hydroxyl groups excluding tert-OH is 1. The quantitative estimate of drug-likeness (QED) is 0.0207. The third-order valence-corrected chi connectivity index (χ3v) is 9.44. The van der Waals surface area contributed by atoms with Gasteiger partial charge >= 0.3 is 19.8 Å². The predicted molar refractivity (Wildman–Crippen MR) is 235 cm³/mol. The highest BCUT2D eigenvalue weighted by Crippen LogP contribution is 2.43. The number of hydrogen-bond donors (Lipinski definition) is 2. The standard InChI is InChI=1S/C46H78NO9P/c1-6-8-9-10-11-12-13-14-15-18-22-25-28-31-34-38-46(50)56-44(42-55-57(51,52)54-40-39-47(3,4)5)41-53-45(49)37-33-30-27-24-21-19-16-17-20-23-26-29-32-36-43(48)35-7-2/h11-12,14-16,19-20,22-25,27,29,32,43-44,48H,6-10,13,17-18,21,26,28,30-31,33-42H2,1-5H3/p+1/b12-11-,15-14-,19-16-,23-20-,25-22-,27-24-,32-29-/t43?,44-/m1/s1. The van der Waals surface area contributed by atoms with E-state index in [0.717, 1.165) is 64.2 Å². The number of carbonyl (C=O) groups is 2. The van der Waals surface area contributed by atoms with Crippen LogP contribution in [0.4, 0.5) is 0 Å². The maximum absolute atomic E-state index is 12.7. The molecule has 0 heterocycles. The number of esters is 2. The third-order valence-electron chi connectivity index (χ3n) is 8.45. The first-order valence-electron chi connectivity index (χ1n) is 21.4. The zero-order valence-corrected chi connectivity index (χ0v) is 37.0. The number of aliphatic hydroxyl groups is 1. The van der Waals surface area contributed by atoms with E-state index >= 15 is 0 Å². The van der Waals surface area contributed by atoms with Crippen LogP contribution in [0, 0.1) is 0 Å². The van der Waals surface area contributed by atoms with Crippen molar-refractivity contribution in [2.45, 2.75) is 148 Å². The predicted octanol–water partition coefficient (Wildman–Crippen LogP) is 11.0. The van der Waals surface area contributed by atoms with Gasteiger partial charge in [0, 0.05) is 12.8 Å². The van der Waals surface area contributed by atoms with E-state index in [0.29, 0.717) is 36.7 Å². The van der Waals surface area contributed by atoms with Crippen LogP contribution in [0.25, 0.3) is 0 Å². The lowest BCUT2D eigenvalue weighted by Gasteiger charge is -2.24. The second-order valence-corrected chi connectivity index (χ2v) is 16.7. The van der Waals surface area contributed by atoms with Gasteiger partial charge in [-0.25, -0.2) is 4.57 Å². The Bertz CT molecular complexity index is 1260. The van der Waals surface area contributed by atoms with Crippen molar-refractivity contribution >= 4 is 19.8 Å². The Balaban J connectivity index is 4.58. The molecule has 0 aromatic heterocycles. The van der Waals surface area contributed by atoms with Gasteiger partial charge in [-0.15, -0.1) is 0 Å². The Hall–Kier alpha value is -2.85. The van der Waals surface area contributed by atoms with Crippen LogP contribution in [0.1, 0.15) is 136 Å². The summed E-state index contributed by atoms with van der Waals surface area (Å²) < 4.78 is 34.1. The Kier molecular flexibility index (Phi) is 35.6. The summed E-state index contributed by atoms with van der Waals surface area (Å²) in [5.41, 5.74) is 0. The second kappa shape index (κ2) is 37.4. The Morgan fingerprint density at radius 2 is 1.11 bits per heavy atom. The average Bonchev–Trinajstić information content (AvgIpc) is 3.15. The van der Waals surface area contributed by atoms with E-state index < -0.39 is 32.5 Å². The van der Waals surface area contributed by atoms with Crippen molar-refractivity contribution in [2.75, 3.05) is 47.5 Å². The van der Waals surface area contributed by atoms with E-state index in [9.17, 15) is 24.2 Å². The van der Waals surface area contributed by atoms with Crippen LogP contribution in [-0.4, -0.2) is 86.1 Å². The van der Waals surface area contributed by atoms with Crippen LogP contribution in [0.15, 0.2) is 85.1 Å². The minimum atomic E-state index is -4.41. The number of rotatable bonds is 37. The number of hydrogen-bond acceptors (Lipinski definition) is 8. The van der Waals surface area contributed by atoms with E-state index in [4.69, 9.17) is 18.5 Å². The second-order valence-electron chi connectivity index (χ2n) is 15.2. The average molecular weight is 821 g/mol. The smallest absolute Gasteiger partial charge is 0.462 e. The number of quaternary nitrogens is 1. The molecular weight excluding hydrogens is 741 g/mol. The summed E-state index contributed by atoms with van der Waals surface area (Å²) in [5, 5.41) is 9.73. The van der Waals surface area contributed by atoms with E-state index in [1.165, 1.54) is 19.3 Å². The molecule has 11 heteroatoms. The van der Waals surface area contributed by atoms with Gasteiger partial charge in [0.1, 0.15) is 19.8 Å². The molecule has 3 atom stereocenters. The molecule has 2 N–H and O–H groups in total. The van der Waals surface area contributed by atoms with Crippen molar-refractivity contribution in [1.82, 2.24) is 0 Å². The molecule has 0 aromatic rings. The van der Waals surface area contributed by atoms with Crippen molar-refractivity contribution in [2.24, 2.45) is 0 Å². The van der Waals surface area contributed by atoms with Gasteiger partial charge in [0.05, 0.1) is 33.9 Å². The van der Waals surface area contributed by atoms with Crippen LogP contribution in [0.2, 0.25) is 0 Å². The third kappa shape index (κ3) is 41.1. The number of allylic oxidation sites excluding steroid dienone is 13. The molecule has 0 aliphatic heterocycles. The molecule has 0 aliphatic carbocycles.